The van der Waals surface area contributed by atoms with Crippen molar-refractivity contribution < 1.29 is 24.7 Å². The van der Waals surface area contributed by atoms with Crippen LogP contribution in [0.1, 0.15) is 5.56 Å². The third-order valence-corrected chi connectivity index (χ3v) is 1.89. The first-order chi connectivity index (χ1) is 7.93. The summed E-state index contributed by atoms with van der Waals surface area (Å²) in [7, 11) is 0. The van der Waals surface area contributed by atoms with Gasteiger partial charge in [-0.15, -0.1) is 0 Å². The number of rotatable bonds is 4. The molecule has 0 atom stereocenters. The number of aliphatic carboxylic acids is 2. The van der Waals surface area contributed by atoms with Crippen molar-refractivity contribution in [2.75, 3.05) is 0 Å². The van der Waals surface area contributed by atoms with Crippen molar-refractivity contribution in [1.29, 1.82) is 0 Å². The molecule has 7 nitrogen and oxygen atoms in total. The molecule has 2 N–H and O–H groups in total. The van der Waals surface area contributed by atoms with E-state index >= 15 is 0 Å². The van der Waals surface area contributed by atoms with Crippen LogP contribution in [0.3, 0.4) is 0 Å². The van der Waals surface area contributed by atoms with Crippen LogP contribution in [0.15, 0.2) is 30.3 Å². The Kier molecular flexibility index (Phi) is 3.55. The number of para-hydroxylation sites is 1. The van der Waals surface area contributed by atoms with Gasteiger partial charge in [0.05, 0.1) is 16.1 Å². The maximum atomic E-state index is 10.9. The number of hydrogen-bond donors (Lipinski definition) is 2. The second-order valence-corrected chi connectivity index (χ2v) is 2.98. The molecular formula is C10H7NO6. The number of nitrogens with zero attached hydrogens (tertiary/aromatic N) is 1. The molecule has 0 aromatic heterocycles. The molecule has 7 heteroatoms. The largest absolute Gasteiger partial charge is 0.478 e. The van der Waals surface area contributed by atoms with Gasteiger partial charge < -0.3 is 10.2 Å². The van der Waals surface area contributed by atoms with E-state index in [0.717, 1.165) is 6.07 Å². The lowest BCUT2D eigenvalue weighted by Gasteiger charge is -2.02. The number of nitro benzene ring substituents is 1. The van der Waals surface area contributed by atoms with Crippen LogP contribution in [-0.2, 0) is 9.59 Å². The molecule has 0 amide bonds. The normalized spacial score (nSPS) is 10.9. The van der Waals surface area contributed by atoms with E-state index in [0.29, 0.717) is 6.08 Å². The first-order valence-electron chi connectivity index (χ1n) is 4.35. The summed E-state index contributed by atoms with van der Waals surface area (Å²) in [6.45, 7) is 0. The molecule has 1 aromatic carbocycles. The molecule has 0 radical (unpaired) electrons. The lowest BCUT2D eigenvalue weighted by molar-refractivity contribution is -0.385. The van der Waals surface area contributed by atoms with Gasteiger partial charge in [-0.3, -0.25) is 10.1 Å². The molecule has 1 aromatic rings. The highest BCUT2D eigenvalue weighted by Crippen LogP contribution is 2.25. The fraction of sp³-hybridized carbons (Fsp3) is 0. The molecule has 0 heterocycles. The maximum absolute atomic E-state index is 10.9. The fourth-order valence-electron chi connectivity index (χ4n) is 1.24. The fourth-order valence-corrected chi connectivity index (χ4v) is 1.24. The maximum Gasteiger partial charge on any atom is 0.336 e. The summed E-state index contributed by atoms with van der Waals surface area (Å²) in [4.78, 5) is 31.2. The van der Waals surface area contributed by atoms with Gasteiger partial charge in [0.15, 0.2) is 0 Å². The van der Waals surface area contributed by atoms with Gasteiger partial charge in [-0.1, -0.05) is 12.1 Å². The second-order valence-electron chi connectivity index (χ2n) is 2.98. The predicted molar refractivity (Wildman–Crippen MR) is 56.3 cm³/mol. The third kappa shape index (κ3) is 2.88. The molecule has 0 bridgehead atoms. The number of carboxylic acids is 2. The zero-order valence-electron chi connectivity index (χ0n) is 8.36. The number of hydrogen-bond acceptors (Lipinski definition) is 4. The molecule has 0 fully saturated rings. The van der Waals surface area contributed by atoms with Crippen LogP contribution in [0.4, 0.5) is 5.69 Å². The molecule has 0 aliphatic carbocycles. The van der Waals surface area contributed by atoms with Crippen molar-refractivity contribution >= 4 is 23.2 Å². The van der Waals surface area contributed by atoms with Crippen molar-refractivity contribution in [3.8, 4) is 0 Å². The Hall–Kier alpha value is -2.70. The van der Waals surface area contributed by atoms with Gasteiger partial charge >= 0.3 is 11.9 Å². The van der Waals surface area contributed by atoms with E-state index in [2.05, 4.69) is 0 Å². The zero-order valence-corrected chi connectivity index (χ0v) is 8.36. The van der Waals surface area contributed by atoms with Gasteiger partial charge in [-0.25, -0.2) is 9.59 Å². The summed E-state index contributed by atoms with van der Waals surface area (Å²) in [6.07, 6.45) is 0.421. The van der Waals surface area contributed by atoms with Gasteiger partial charge in [0.2, 0.25) is 0 Å². The molecule has 0 aliphatic heterocycles. The number of carboxylic acid groups (broad SMARTS) is 2. The van der Waals surface area contributed by atoms with Crippen molar-refractivity contribution in [1.82, 2.24) is 0 Å². The number of benzene rings is 1. The van der Waals surface area contributed by atoms with Crippen LogP contribution in [-0.4, -0.2) is 27.1 Å². The summed E-state index contributed by atoms with van der Waals surface area (Å²) >= 11 is 0. The highest BCUT2D eigenvalue weighted by atomic mass is 16.6. The van der Waals surface area contributed by atoms with E-state index in [9.17, 15) is 19.7 Å². The molecule has 1 rings (SSSR count). The standard InChI is InChI=1S/C10H7NO6/c12-9(13)5-7(10(14)15)6-3-1-2-4-8(6)11(16)17/h1-5H,(H,12,13)(H,14,15)/b7-5+. The van der Waals surface area contributed by atoms with Gasteiger partial charge in [0.25, 0.3) is 5.69 Å². The van der Waals surface area contributed by atoms with Crippen LogP contribution in [0.5, 0.6) is 0 Å². The van der Waals surface area contributed by atoms with Gasteiger partial charge in [0, 0.05) is 12.1 Å². The lowest BCUT2D eigenvalue weighted by Crippen LogP contribution is -2.05. The summed E-state index contributed by atoms with van der Waals surface area (Å²) in [5.74, 6) is -3.03. The minimum atomic E-state index is -1.54. The SMILES string of the molecule is O=C(O)/C=C(/C(=O)O)c1ccccc1[N+](=O)[O-]. The predicted octanol–water partition coefficient (Wildman–Crippen LogP) is 1.15. The topological polar surface area (TPSA) is 118 Å². The third-order valence-electron chi connectivity index (χ3n) is 1.89. The first kappa shape index (κ1) is 12.4. The summed E-state index contributed by atoms with van der Waals surface area (Å²) in [6, 6.07) is 5.04. The van der Waals surface area contributed by atoms with Crippen molar-refractivity contribution in [2.24, 2.45) is 0 Å². The smallest absolute Gasteiger partial charge is 0.336 e. The van der Waals surface area contributed by atoms with Crippen molar-refractivity contribution in [2.45, 2.75) is 0 Å². The minimum absolute atomic E-state index is 0.243. The van der Waals surface area contributed by atoms with E-state index in [1.807, 2.05) is 0 Å². The first-order valence-corrected chi connectivity index (χ1v) is 4.35. The van der Waals surface area contributed by atoms with E-state index in [4.69, 9.17) is 10.2 Å². The average molecular weight is 237 g/mol. The zero-order chi connectivity index (χ0) is 13.0. The highest BCUT2D eigenvalue weighted by Gasteiger charge is 2.21. The Morgan fingerprint density at radius 2 is 1.82 bits per heavy atom. The molecule has 0 spiro atoms. The van der Waals surface area contributed by atoms with Gasteiger partial charge in [0.1, 0.15) is 0 Å². The minimum Gasteiger partial charge on any atom is -0.478 e. The Morgan fingerprint density at radius 3 is 2.29 bits per heavy atom. The number of nitro groups is 1. The molecule has 0 saturated heterocycles. The summed E-state index contributed by atoms with van der Waals surface area (Å²) in [5.41, 5.74) is -1.33. The summed E-state index contributed by atoms with van der Waals surface area (Å²) < 4.78 is 0. The summed E-state index contributed by atoms with van der Waals surface area (Å²) in [5, 5.41) is 28.0. The van der Waals surface area contributed by atoms with Crippen LogP contribution in [0, 0.1) is 10.1 Å². The van der Waals surface area contributed by atoms with E-state index < -0.39 is 28.1 Å². The molecule has 17 heavy (non-hydrogen) atoms. The quantitative estimate of drug-likeness (QED) is 0.460. The van der Waals surface area contributed by atoms with Crippen LogP contribution in [0.2, 0.25) is 0 Å². The van der Waals surface area contributed by atoms with Crippen molar-refractivity contribution in [3.63, 3.8) is 0 Å². The second kappa shape index (κ2) is 4.88. The van der Waals surface area contributed by atoms with E-state index in [-0.39, 0.29) is 5.56 Å². The number of carbonyl (C=O) groups is 2. The highest BCUT2D eigenvalue weighted by molar-refractivity contribution is 6.20. The van der Waals surface area contributed by atoms with Crippen LogP contribution in [0.25, 0.3) is 5.57 Å². The van der Waals surface area contributed by atoms with Crippen LogP contribution >= 0.6 is 0 Å². The molecule has 0 unspecified atom stereocenters. The molecule has 0 saturated carbocycles. The average Bonchev–Trinajstić information content (AvgIpc) is 2.25. The van der Waals surface area contributed by atoms with E-state index in [1.165, 1.54) is 18.2 Å². The molecule has 0 aliphatic rings. The Labute approximate surface area is 94.8 Å². The van der Waals surface area contributed by atoms with Gasteiger partial charge in [-0.05, 0) is 6.07 Å². The monoisotopic (exact) mass is 237 g/mol. The molecule has 88 valence electrons. The molecular weight excluding hydrogens is 230 g/mol. The van der Waals surface area contributed by atoms with Crippen molar-refractivity contribution in [3.05, 3.63) is 46.0 Å². The van der Waals surface area contributed by atoms with Crippen LogP contribution < -0.4 is 0 Å². The Bertz CT molecular complexity index is 519. The Balaban J connectivity index is 3.44. The lowest BCUT2D eigenvalue weighted by atomic mass is 10.0. The Morgan fingerprint density at radius 1 is 1.24 bits per heavy atom. The van der Waals surface area contributed by atoms with E-state index in [1.54, 1.807) is 0 Å². The van der Waals surface area contributed by atoms with Gasteiger partial charge in [-0.2, -0.15) is 0 Å².